The van der Waals surface area contributed by atoms with Gasteiger partial charge < -0.3 is 0 Å². The molecule has 0 heterocycles. The molecule has 0 saturated heterocycles. The van der Waals surface area contributed by atoms with Crippen molar-refractivity contribution in [2.24, 2.45) is 0 Å². The average molecular weight is 392 g/mol. The SMILES string of the molecule is C[C-]=C(C)C(C)=CC.[Zr+2].c1ccc(-c2cccc3[cH-]ccc23)cc1. The van der Waals surface area contributed by atoms with Crippen LogP contribution in [0.25, 0.3) is 21.9 Å². The van der Waals surface area contributed by atoms with Crippen molar-refractivity contribution in [1.29, 1.82) is 0 Å². The predicted molar refractivity (Wildman–Crippen MR) is 103 cm³/mol. The molecule has 3 aromatic rings. The Balaban J connectivity index is 0.000000279. The van der Waals surface area contributed by atoms with Crippen molar-refractivity contribution in [2.45, 2.75) is 27.7 Å². The fraction of sp³-hybridized carbons (Fsp3) is 0.174. The third kappa shape index (κ3) is 5.21. The van der Waals surface area contributed by atoms with Gasteiger partial charge in [0.25, 0.3) is 0 Å². The molecule has 0 unspecified atom stereocenters. The number of fused-ring (bicyclic) bond motifs is 1. The van der Waals surface area contributed by atoms with Gasteiger partial charge in [0.15, 0.2) is 0 Å². The predicted octanol–water partition coefficient (Wildman–Crippen LogP) is 6.95. The molecule has 0 nitrogen and oxygen atoms in total. The summed E-state index contributed by atoms with van der Waals surface area (Å²) in [7, 11) is 0. The van der Waals surface area contributed by atoms with Gasteiger partial charge in [-0.05, 0) is 5.56 Å². The molecule has 0 spiro atoms. The number of benzene rings is 2. The summed E-state index contributed by atoms with van der Waals surface area (Å²) in [5.74, 6) is 0. The van der Waals surface area contributed by atoms with Gasteiger partial charge in [0, 0.05) is 0 Å². The van der Waals surface area contributed by atoms with E-state index in [0.29, 0.717) is 0 Å². The van der Waals surface area contributed by atoms with Gasteiger partial charge in [-0.15, -0.1) is 42.8 Å². The number of hydrogen-bond donors (Lipinski definition) is 0. The van der Waals surface area contributed by atoms with E-state index in [2.05, 4.69) is 92.7 Å². The smallest absolute Gasteiger partial charge is 0.275 e. The van der Waals surface area contributed by atoms with E-state index in [1.807, 2.05) is 13.8 Å². The summed E-state index contributed by atoms with van der Waals surface area (Å²) in [5.41, 5.74) is 5.16. The number of allylic oxidation sites excluding steroid dienone is 4. The molecule has 0 atom stereocenters. The Morgan fingerprint density at radius 1 is 0.958 bits per heavy atom. The molecule has 1 heteroatoms. The van der Waals surface area contributed by atoms with E-state index in [-0.39, 0.29) is 26.2 Å². The maximum atomic E-state index is 3.06. The minimum absolute atomic E-state index is 0. The largest absolute Gasteiger partial charge is 2.00 e. The minimum Gasteiger partial charge on any atom is -0.275 e. The van der Waals surface area contributed by atoms with Crippen molar-refractivity contribution in [2.75, 3.05) is 0 Å². The number of rotatable bonds is 2. The molecule has 0 saturated carbocycles. The van der Waals surface area contributed by atoms with E-state index < -0.39 is 0 Å². The van der Waals surface area contributed by atoms with Crippen molar-refractivity contribution in [1.82, 2.24) is 0 Å². The normalized spacial score (nSPS) is 11.5. The van der Waals surface area contributed by atoms with Crippen LogP contribution in [0.4, 0.5) is 0 Å². The Bertz CT molecular complexity index is 788. The first-order valence-corrected chi connectivity index (χ1v) is 8.01. The van der Waals surface area contributed by atoms with Crippen molar-refractivity contribution in [3.8, 4) is 11.1 Å². The van der Waals surface area contributed by atoms with Gasteiger partial charge in [-0.25, -0.2) is 11.1 Å². The van der Waals surface area contributed by atoms with Gasteiger partial charge in [-0.2, -0.15) is 18.2 Å². The molecule has 0 bridgehead atoms. The third-order valence-electron chi connectivity index (χ3n) is 4.16. The van der Waals surface area contributed by atoms with Crippen LogP contribution in [0.15, 0.2) is 84.0 Å². The molecular weight excluding hydrogens is 367 g/mol. The first kappa shape index (κ1) is 20.5. The van der Waals surface area contributed by atoms with Crippen LogP contribution in [0.2, 0.25) is 0 Å². The standard InChI is InChI=1S/C15H11.C8H13.Zr/c1-2-6-12(7-3-1)14-10-4-8-13-9-5-11-15(13)14;1-5-7(3)8(4)6-2;/h1-11H;5H,1-4H3;/q2*-1;+2. The van der Waals surface area contributed by atoms with Gasteiger partial charge >= 0.3 is 26.2 Å². The van der Waals surface area contributed by atoms with Crippen LogP contribution in [-0.2, 0) is 26.2 Å². The summed E-state index contributed by atoms with van der Waals surface area (Å²) in [6, 6.07) is 23.4. The molecule has 120 valence electrons. The molecule has 3 rings (SSSR count). The zero-order valence-corrected chi connectivity index (χ0v) is 17.4. The second-order valence-electron chi connectivity index (χ2n) is 5.55. The molecule has 0 fully saturated rings. The second kappa shape index (κ2) is 10.3. The molecule has 0 N–H and O–H groups in total. The van der Waals surface area contributed by atoms with E-state index in [0.717, 1.165) is 0 Å². The fourth-order valence-electron chi connectivity index (χ4n) is 2.45. The fourth-order valence-corrected chi connectivity index (χ4v) is 2.45. The topological polar surface area (TPSA) is 0 Å². The van der Waals surface area contributed by atoms with Crippen molar-refractivity contribution in [3.05, 3.63) is 90.0 Å². The molecule has 0 amide bonds. The summed E-state index contributed by atoms with van der Waals surface area (Å²) in [4.78, 5) is 0. The maximum Gasteiger partial charge on any atom is 2.00 e. The Morgan fingerprint density at radius 3 is 2.25 bits per heavy atom. The Hall–Kier alpha value is -1.59. The molecule has 0 aromatic heterocycles. The number of hydrogen-bond acceptors (Lipinski definition) is 0. The second-order valence-corrected chi connectivity index (χ2v) is 5.55. The third-order valence-corrected chi connectivity index (χ3v) is 4.16. The van der Waals surface area contributed by atoms with Crippen LogP contribution in [0.5, 0.6) is 0 Å². The summed E-state index contributed by atoms with van der Waals surface area (Å²) >= 11 is 0. The Labute approximate surface area is 165 Å². The first-order chi connectivity index (χ1) is 11.2. The van der Waals surface area contributed by atoms with E-state index in [1.54, 1.807) is 0 Å². The molecule has 0 aliphatic rings. The van der Waals surface area contributed by atoms with Crippen LogP contribution in [0.1, 0.15) is 27.7 Å². The van der Waals surface area contributed by atoms with Crippen LogP contribution in [0, 0.1) is 6.08 Å². The molecular formula is C23H24Zr. The zero-order chi connectivity index (χ0) is 16.7. The van der Waals surface area contributed by atoms with Gasteiger partial charge in [0.2, 0.25) is 0 Å². The van der Waals surface area contributed by atoms with Crippen LogP contribution in [-0.4, -0.2) is 0 Å². The van der Waals surface area contributed by atoms with Gasteiger partial charge in [0.05, 0.1) is 0 Å². The van der Waals surface area contributed by atoms with Crippen LogP contribution in [0.3, 0.4) is 0 Å². The van der Waals surface area contributed by atoms with Crippen LogP contribution >= 0.6 is 0 Å². The quantitative estimate of drug-likeness (QED) is 0.328. The Morgan fingerprint density at radius 2 is 1.67 bits per heavy atom. The van der Waals surface area contributed by atoms with E-state index in [4.69, 9.17) is 0 Å². The molecule has 0 aliphatic heterocycles. The maximum absolute atomic E-state index is 3.06. The summed E-state index contributed by atoms with van der Waals surface area (Å²) < 4.78 is 0. The van der Waals surface area contributed by atoms with Crippen LogP contribution < -0.4 is 0 Å². The average Bonchev–Trinajstić information content (AvgIpc) is 3.10. The van der Waals surface area contributed by atoms with E-state index in [1.165, 1.54) is 33.0 Å². The monoisotopic (exact) mass is 390 g/mol. The van der Waals surface area contributed by atoms with Gasteiger partial charge in [0.1, 0.15) is 0 Å². The summed E-state index contributed by atoms with van der Waals surface area (Å²) in [5, 5.41) is 2.65. The van der Waals surface area contributed by atoms with Crippen molar-refractivity contribution < 1.29 is 26.2 Å². The van der Waals surface area contributed by atoms with E-state index >= 15 is 0 Å². The van der Waals surface area contributed by atoms with Gasteiger partial charge in [-0.1, -0.05) is 55.8 Å². The molecule has 0 radical (unpaired) electrons. The first-order valence-electron chi connectivity index (χ1n) is 8.01. The van der Waals surface area contributed by atoms with Crippen molar-refractivity contribution >= 4 is 10.8 Å². The molecule has 0 aliphatic carbocycles. The van der Waals surface area contributed by atoms with Gasteiger partial charge in [-0.3, -0.25) is 6.08 Å². The van der Waals surface area contributed by atoms with E-state index in [9.17, 15) is 0 Å². The van der Waals surface area contributed by atoms with Crippen molar-refractivity contribution in [3.63, 3.8) is 0 Å². The zero-order valence-electron chi connectivity index (χ0n) is 14.9. The molecule has 3 aromatic carbocycles. The Kier molecular flexibility index (Phi) is 8.79. The minimum atomic E-state index is 0. The summed E-state index contributed by atoms with van der Waals surface area (Å²) in [6.45, 7) is 8.12. The molecule has 24 heavy (non-hydrogen) atoms. The summed E-state index contributed by atoms with van der Waals surface area (Å²) in [6.07, 6.45) is 5.15.